The van der Waals surface area contributed by atoms with Crippen LogP contribution in [0.2, 0.25) is 0 Å². The van der Waals surface area contributed by atoms with Gasteiger partial charge in [0, 0.05) is 23.0 Å². The zero-order chi connectivity index (χ0) is 13.4. The third kappa shape index (κ3) is 2.32. The van der Waals surface area contributed by atoms with Crippen LogP contribution in [0.1, 0.15) is 38.4 Å². The van der Waals surface area contributed by atoms with Gasteiger partial charge in [-0.3, -0.25) is 0 Å². The molecular weight excluding hydrogens is 302 g/mol. The molecule has 3 rings (SSSR count). The Morgan fingerprint density at radius 2 is 2.32 bits per heavy atom. The van der Waals surface area contributed by atoms with Crippen molar-refractivity contribution in [2.75, 3.05) is 6.54 Å². The Morgan fingerprint density at radius 3 is 3.00 bits per heavy atom. The zero-order valence-corrected chi connectivity index (χ0v) is 13.1. The number of aromatic nitrogens is 2. The van der Waals surface area contributed by atoms with Crippen molar-refractivity contribution in [1.29, 1.82) is 0 Å². The van der Waals surface area contributed by atoms with Crippen LogP contribution in [0.25, 0.3) is 11.0 Å². The van der Waals surface area contributed by atoms with Crippen molar-refractivity contribution in [3.63, 3.8) is 0 Å². The summed E-state index contributed by atoms with van der Waals surface area (Å²) in [6, 6.07) is 6.93. The maximum atomic E-state index is 4.92. The third-order valence-corrected chi connectivity index (χ3v) is 4.54. The molecule has 0 spiro atoms. The van der Waals surface area contributed by atoms with Crippen LogP contribution in [0, 0.1) is 0 Å². The SMILES string of the molecule is CCCn1c(C2CCNC2C)nc2cc(Br)ccc21. The minimum absolute atomic E-state index is 0.524. The predicted octanol–water partition coefficient (Wildman–Crippen LogP) is 3.67. The molecule has 2 unspecified atom stereocenters. The molecule has 1 aromatic carbocycles. The van der Waals surface area contributed by atoms with E-state index < -0.39 is 0 Å². The van der Waals surface area contributed by atoms with Gasteiger partial charge in [-0.2, -0.15) is 0 Å². The van der Waals surface area contributed by atoms with Crippen LogP contribution in [0.5, 0.6) is 0 Å². The number of imidazole rings is 1. The summed E-state index contributed by atoms with van der Waals surface area (Å²) in [4.78, 5) is 4.92. The lowest BCUT2D eigenvalue weighted by atomic mass is 10.0. The zero-order valence-electron chi connectivity index (χ0n) is 11.5. The van der Waals surface area contributed by atoms with Crippen molar-refractivity contribution >= 4 is 27.0 Å². The molecule has 19 heavy (non-hydrogen) atoms. The number of rotatable bonds is 3. The van der Waals surface area contributed by atoms with E-state index in [-0.39, 0.29) is 0 Å². The molecular formula is C15H20BrN3. The molecule has 2 heterocycles. The molecule has 0 radical (unpaired) electrons. The van der Waals surface area contributed by atoms with E-state index in [2.05, 4.69) is 57.9 Å². The lowest BCUT2D eigenvalue weighted by molar-refractivity contribution is 0.532. The smallest absolute Gasteiger partial charge is 0.114 e. The van der Waals surface area contributed by atoms with Gasteiger partial charge in [-0.1, -0.05) is 22.9 Å². The molecule has 102 valence electrons. The molecule has 1 fully saturated rings. The highest BCUT2D eigenvalue weighted by atomic mass is 79.9. The summed E-state index contributed by atoms with van der Waals surface area (Å²) in [5, 5.41) is 3.53. The first-order chi connectivity index (χ1) is 9.20. The first-order valence-electron chi connectivity index (χ1n) is 7.09. The van der Waals surface area contributed by atoms with Crippen molar-refractivity contribution < 1.29 is 0 Å². The summed E-state index contributed by atoms with van der Waals surface area (Å²) in [6.07, 6.45) is 2.33. The molecule has 0 bridgehead atoms. The second-order valence-electron chi connectivity index (χ2n) is 5.39. The van der Waals surface area contributed by atoms with E-state index in [4.69, 9.17) is 4.98 Å². The van der Waals surface area contributed by atoms with Gasteiger partial charge in [0.05, 0.1) is 11.0 Å². The van der Waals surface area contributed by atoms with Gasteiger partial charge in [0.25, 0.3) is 0 Å². The fourth-order valence-corrected chi connectivity index (χ4v) is 3.42. The summed E-state index contributed by atoms with van der Waals surface area (Å²) in [5.74, 6) is 1.80. The van der Waals surface area contributed by atoms with Crippen molar-refractivity contribution in [2.45, 2.75) is 45.2 Å². The van der Waals surface area contributed by atoms with E-state index in [0.29, 0.717) is 12.0 Å². The minimum Gasteiger partial charge on any atom is -0.328 e. The van der Waals surface area contributed by atoms with Gasteiger partial charge in [-0.25, -0.2) is 4.98 Å². The highest BCUT2D eigenvalue weighted by Crippen LogP contribution is 2.31. The fraction of sp³-hybridized carbons (Fsp3) is 0.533. The number of nitrogens with zero attached hydrogens (tertiary/aromatic N) is 2. The molecule has 4 heteroatoms. The maximum absolute atomic E-state index is 4.92. The molecule has 3 nitrogen and oxygen atoms in total. The van der Waals surface area contributed by atoms with E-state index in [1.54, 1.807) is 0 Å². The van der Waals surface area contributed by atoms with Gasteiger partial charge < -0.3 is 9.88 Å². The first-order valence-corrected chi connectivity index (χ1v) is 7.89. The van der Waals surface area contributed by atoms with Crippen LogP contribution in [-0.4, -0.2) is 22.1 Å². The molecule has 1 aliphatic heterocycles. The van der Waals surface area contributed by atoms with Crippen LogP contribution in [0.3, 0.4) is 0 Å². The summed E-state index contributed by atoms with van der Waals surface area (Å²) in [7, 11) is 0. The van der Waals surface area contributed by atoms with Crippen LogP contribution < -0.4 is 5.32 Å². The molecule has 2 aromatic rings. The summed E-state index contributed by atoms with van der Waals surface area (Å²) in [6.45, 7) is 6.65. The number of benzene rings is 1. The molecule has 0 aliphatic carbocycles. The molecule has 1 N–H and O–H groups in total. The van der Waals surface area contributed by atoms with Gasteiger partial charge >= 0.3 is 0 Å². The quantitative estimate of drug-likeness (QED) is 0.934. The second kappa shape index (κ2) is 5.25. The molecule has 0 saturated carbocycles. The Hall–Kier alpha value is -0.870. The average molecular weight is 322 g/mol. The van der Waals surface area contributed by atoms with Gasteiger partial charge in [-0.05, 0) is 44.5 Å². The highest BCUT2D eigenvalue weighted by Gasteiger charge is 2.29. The fourth-order valence-electron chi connectivity index (χ4n) is 3.07. The van der Waals surface area contributed by atoms with E-state index in [1.165, 1.54) is 17.8 Å². The molecule has 2 atom stereocenters. The molecule has 1 aliphatic rings. The highest BCUT2D eigenvalue weighted by molar-refractivity contribution is 9.10. The number of hydrogen-bond acceptors (Lipinski definition) is 2. The monoisotopic (exact) mass is 321 g/mol. The summed E-state index contributed by atoms with van der Waals surface area (Å²) < 4.78 is 3.51. The van der Waals surface area contributed by atoms with Crippen molar-refractivity contribution in [3.05, 3.63) is 28.5 Å². The number of fused-ring (bicyclic) bond motifs is 1. The van der Waals surface area contributed by atoms with Gasteiger partial charge in [0.1, 0.15) is 5.82 Å². The molecule has 0 amide bonds. The van der Waals surface area contributed by atoms with E-state index in [9.17, 15) is 0 Å². The van der Waals surface area contributed by atoms with Crippen LogP contribution >= 0.6 is 15.9 Å². The predicted molar refractivity (Wildman–Crippen MR) is 82.5 cm³/mol. The number of aryl methyl sites for hydroxylation is 1. The number of hydrogen-bond donors (Lipinski definition) is 1. The minimum atomic E-state index is 0.524. The van der Waals surface area contributed by atoms with E-state index >= 15 is 0 Å². The number of halogens is 1. The van der Waals surface area contributed by atoms with E-state index in [1.807, 2.05) is 0 Å². The topological polar surface area (TPSA) is 29.9 Å². The lowest BCUT2D eigenvalue weighted by Gasteiger charge is -2.16. The Balaban J connectivity index is 2.13. The lowest BCUT2D eigenvalue weighted by Crippen LogP contribution is -2.23. The van der Waals surface area contributed by atoms with Crippen molar-refractivity contribution in [3.8, 4) is 0 Å². The Kier molecular flexibility index (Phi) is 3.63. The van der Waals surface area contributed by atoms with Crippen LogP contribution in [0.4, 0.5) is 0 Å². The third-order valence-electron chi connectivity index (χ3n) is 4.04. The van der Waals surface area contributed by atoms with Crippen LogP contribution in [0.15, 0.2) is 22.7 Å². The Morgan fingerprint density at radius 1 is 1.47 bits per heavy atom. The van der Waals surface area contributed by atoms with Gasteiger partial charge in [-0.15, -0.1) is 0 Å². The largest absolute Gasteiger partial charge is 0.328 e. The summed E-state index contributed by atoms with van der Waals surface area (Å²) in [5.41, 5.74) is 2.37. The van der Waals surface area contributed by atoms with Gasteiger partial charge in [0.2, 0.25) is 0 Å². The Bertz CT molecular complexity index is 590. The van der Waals surface area contributed by atoms with Gasteiger partial charge in [0.15, 0.2) is 0 Å². The van der Waals surface area contributed by atoms with Crippen molar-refractivity contribution in [1.82, 2.24) is 14.9 Å². The normalized spacial score (nSPS) is 23.3. The standard InChI is InChI=1S/C15H20BrN3/c1-3-8-19-14-5-4-11(16)9-13(14)18-15(19)12-6-7-17-10(12)2/h4-5,9-10,12,17H,3,6-8H2,1-2H3. The Labute approximate surface area is 122 Å². The first kappa shape index (κ1) is 13.1. The summed E-state index contributed by atoms with van der Waals surface area (Å²) >= 11 is 3.54. The maximum Gasteiger partial charge on any atom is 0.114 e. The van der Waals surface area contributed by atoms with E-state index in [0.717, 1.165) is 29.5 Å². The van der Waals surface area contributed by atoms with Crippen molar-refractivity contribution in [2.24, 2.45) is 0 Å². The molecule has 1 saturated heterocycles. The van der Waals surface area contributed by atoms with Crippen LogP contribution in [-0.2, 0) is 6.54 Å². The number of nitrogens with one attached hydrogen (secondary N) is 1. The average Bonchev–Trinajstić information content (AvgIpc) is 2.94. The molecule has 1 aromatic heterocycles. The second-order valence-corrected chi connectivity index (χ2v) is 6.31.